The van der Waals surface area contributed by atoms with E-state index in [1.165, 1.54) is 36.8 Å². The van der Waals surface area contributed by atoms with Gasteiger partial charge >= 0.3 is 0 Å². The maximum atomic E-state index is 15.6. The number of hydrogen-bond acceptors (Lipinski definition) is 1. The molecule has 39 heavy (non-hydrogen) atoms. The molecular weight excluding hydrogens is 481 g/mol. The fraction of sp³-hybridized carbons (Fsp3) is 0.361. The monoisotopic (exact) mass is 520 g/mol. The fourth-order valence-corrected chi connectivity index (χ4v) is 6.91. The Labute approximate surface area is 231 Å². The summed E-state index contributed by atoms with van der Waals surface area (Å²) in [7, 11) is 2.04. The number of aryl methyl sites for hydroxylation is 3. The minimum Gasteiger partial charge on any atom is -0.454 e. The van der Waals surface area contributed by atoms with Crippen LogP contribution in [0.3, 0.4) is 0 Å². The van der Waals surface area contributed by atoms with Gasteiger partial charge in [0, 0.05) is 22.9 Å². The number of aromatic nitrogens is 1. The van der Waals surface area contributed by atoms with E-state index >= 15 is 4.39 Å². The quantitative estimate of drug-likeness (QED) is 0.216. The smallest absolute Gasteiger partial charge is 0.216 e. The molecule has 3 heteroatoms. The van der Waals surface area contributed by atoms with Crippen LogP contribution in [0.25, 0.3) is 44.3 Å². The molecule has 0 bridgehead atoms. The molecule has 3 aromatic carbocycles. The van der Waals surface area contributed by atoms with Crippen LogP contribution in [0.1, 0.15) is 69.1 Å². The number of nitrogens with zero attached hydrogens (tertiary/aromatic N) is 1. The van der Waals surface area contributed by atoms with E-state index in [2.05, 4.69) is 75.6 Å². The summed E-state index contributed by atoms with van der Waals surface area (Å²) in [6.45, 7) is 11.4. The lowest BCUT2D eigenvalue weighted by molar-refractivity contribution is -0.660. The Morgan fingerprint density at radius 2 is 1.49 bits per heavy atom. The van der Waals surface area contributed by atoms with E-state index < -0.39 is 0 Å². The van der Waals surface area contributed by atoms with E-state index in [1.807, 2.05) is 31.4 Å². The molecule has 0 unspecified atom stereocenters. The van der Waals surface area contributed by atoms with Gasteiger partial charge in [0.2, 0.25) is 5.69 Å². The molecule has 1 saturated carbocycles. The largest absolute Gasteiger partial charge is 0.454 e. The van der Waals surface area contributed by atoms with Crippen molar-refractivity contribution in [3.63, 3.8) is 0 Å². The molecule has 0 radical (unpaired) electrons. The molecule has 2 aromatic heterocycles. The molecule has 0 atom stereocenters. The van der Waals surface area contributed by atoms with E-state index in [4.69, 9.17) is 4.42 Å². The second kappa shape index (κ2) is 9.62. The molecule has 200 valence electrons. The Morgan fingerprint density at radius 3 is 2.15 bits per heavy atom. The molecule has 1 aliphatic carbocycles. The van der Waals surface area contributed by atoms with Crippen molar-refractivity contribution in [3.8, 4) is 22.4 Å². The van der Waals surface area contributed by atoms with E-state index in [1.54, 1.807) is 6.07 Å². The Bertz CT molecular complexity index is 1700. The van der Waals surface area contributed by atoms with Crippen molar-refractivity contribution < 1.29 is 13.4 Å². The van der Waals surface area contributed by atoms with Crippen LogP contribution < -0.4 is 4.57 Å². The molecule has 0 amide bonds. The van der Waals surface area contributed by atoms with E-state index in [0.29, 0.717) is 22.5 Å². The van der Waals surface area contributed by atoms with Gasteiger partial charge in [-0.15, -0.1) is 0 Å². The number of pyridine rings is 1. The fourth-order valence-electron chi connectivity index (χ4n) is 6.91. The van der Waals surface area contributed by atoms with Crippen LogP contribution in [0.5, 0.6) is 0 Å². The van der Waals surface area contributed by atoms with E-state index in [0.717, 1.165) is 44.7 Å². The molecule has 2 heterocycles. The van der Waals surface area contributed by atoms with Gasteiger partial charge in [-0.25, -0.2) is 8.96 Å². The summed E-state index contributed by atoms with van der Waals surface area (Å²) in [6, 6.07) is 20.4. The van der Waals surface area contributed by atoms with Gasteiger partial charge in [-0.2, -0.15) is 0 Å². The summed E-state index contributed by atoms with van der Waals surface area (Å²) < 4.78 is 24.3. The van der Waals surface area contributed by atoms with Gasteiger partial charge in [0.05, 0.1) is 11.1 Å². The molecule has 2 nitrogen and oxygen atoms in total. The molecule has 1 aliphatic rings. The maximum absolute atomic E-state index is 15.6. The van der Waals surface area contributed by atoms with Crippen molar-refractivity contribution in [2.45, 2.75) is 66.2 Å². The van der Waals surface area contributed by atoms with Gasteiger partial charge < -0.3 is 4.42 Å². The third kappa shape index (κ3) is 4.46. The number of furan rings is 1. The minimum atomic E-state index is -0.247. The van der Waals surface area contributed by atoms with Crippen LogP contribution in [0, 0.1) is 31.0 Å². The Kier molecular flexibility index (Phi) is 6.37. The molecule has 5 aromatic rings. The van der Waals surface area contributed by atoms with Gasteiger partial charge in [0.1, 0.15) is 24.0 Å². The van der Waals surface area contributed by atoms with Gasteiger partial charge in [0.25, 0.3) is 0 Å². The highest BCUT2D eigenvalue weighted by atomic mass is 19.1. The molecule has 0 aliphatic heterocycles. The van der Waals surface area contributed by atoms with Gasteiger partial charge in [-0.05, 0) is 97.2 Å². The highest BCUT2D eigenvalue weighted by Gasteiger charge is 2.31. The minimum absolute atomic E-state index is 0.247. The average molecular weight is 521 g/mol. The average Bonchev–Trinajstić information content (AvgIpc) is 3.27. The van der Waals surface area contributed by atoms with E-state index in [9.17, 15) is 0 Å². The van der Waals surface area contributed by atoms with Gasteiger partial charge in [0.15, 0.2) is 6.20 Å². The second-order valence-corrected chi connectivity index (χ2v) is 12.7. The maximum Gasteiger partial charge on any atom is 0.216 e. The summed E-state index contributed by atoms with van der Waals surface area (Å²) in [4.78, 5) is 0. The first-order chi connectivity index (χ1) is 18.6. The lowest BCUT2D eigenvalue weighted by Crippen LogP contribution is -2.30. The van der Waals surface area contributed by atoms with Crippen molar-refractivity contribution >= 4 is 21.9 Å². The van der Waals surface area contributed by atoms with Crippen LogP contribution in [-0.2, 0) is 7.05 Å². The summed E-state index contributed by atoms with van der Waals surface area (Å²) >= 11 is 0. The number of halogens is 1. The highest BCUT2D eigenvalue weighted by Crippen LogP contribution is 2.45. The number of hydrogen-bond donors (Lipinski definition) is 0. The normalized spacial score (nSPS) is 18.2. The number of rotatable bonds is 3. The SMILES string of the molecule is Cc1cc(-c2c(F)ccc3c2oc2c(-c4cccc[n+]4C)c(C)ccc23)ccc1C1CCC(C(C)(C)C)CC1. The second-order valence-electron chi connectivity index (χ2n) is 12.7. The predicted octanol–water partition coefficient (Wildman–Crippen LogP) is 9.82. The van der Waals surface area contributed by atoms with Crippen molar-refractivity contribution in [3.05, 3.63) is 89.4 Å². The molecule has 6 rings (SSSR count). The van der Waals surface area contributed by atoms with Crippen LogP contribution >= 0.6 is 0 Å². The van der Waals surface area contributed by atoms with Crippen LogP contribution in [0.2, 0.25) is 0 Å². The third-order valence-corrected chi connectivity index (χ3v) is 9.23. The molecule has 1 fully saturated rings. The zero-order chi connectivity index (χ0) is 27.5. The van der Waals surface area contributed by atoms with Crippen molar-refractivity contribution in [2.75, 3.05) is 0 Å². The zero-order valence-corrected chi connectivity index (χ0v) is 24.1. The van der Waals surface area contributed by atoms with Crippen molar-refractivity contribution in [1.29, 1.82) is 0 Å². The molecule has 0 spiro atoms. The Hall–Kier alpha value is -3.46. The summed E-state index contributed by atoms with van der Waals surface area (Å²) in [5.74, 6) is 1.13. The molecule has 0 N–H and O–H groups in total. The zero-order valence-electron chi connectivity index (χ0n) is 24.1. The lowest BCUT2D eigenvalue weighted by atomic mass is 9.68. The summed E-state index contributed by atoms with van der Waals surface area (Å²) in [5.41, 5.74) is 9.15. The van der Waals surface area contributed by atoms with Crippen LogP contribution in [-0.4, -0.2) is 0 Å². The first-order valence-corrected chi connectivity index (χ1v) is 14.3. The third-order valence-electron chi connectivity index (χ3n) is 9.23. The highest BCUT2D eigenvalue weighted by molar-refractivity contribution is 6.13. The first-order valence-electron chi connectivity index (χ1n) is 14.3. The van der Waals surface area contributed by atoms with Crippen molar-refractivity contribution in [1.82, 2.24) is 0 Å². The lowest BCUT2D eigenvalue weighted by Gasteiger charge is -2.37. The van der Waals surface area contributed by atoms with Gasteiger partial charge in [-0.1, -0.05) is 51.1 Å². The first kappa shape index (κ1) is 25.8. The van der Waals surface area contributed by atoms with Crippen molar-refractivity contribution in [2.24, 2.45) is 18.4 Å². The van der Waals surface area contributed by atoms with Gasteiger partial charge in [-0.3, -0.25) is 0 Å². The summed E-state index contributed by atoms with van der Waals surface area (Å²) in [5, 5.41) is 1.96. The van der Waals surface area contributed by atoms with Crippen LogP contribution in [0.15, 0.2) is 71.3 Å². The summed E-state index contributed by atoms with van der Waals surface area (Å²) in [6.07, 6.45) is 7.07. The van der Waals surface area contributed by atoms with E-state index in [-0.39, 0.29) is 5.82 Å². The Morgan fingerprint density at radius 1 is 0.795 bits per heavy atom. The Balaban J connectivity index is 1.44. The number of fused-ring (bicyclic) bond motifs is 3. The topological polar surface area (TPSA) is 17.0 Å². The number of benzene rings is 3. The molecule has 0 saturated heterocycles. The molecular formula is C36H39FNO+. The van der Waals surface area contributed by atoms with Crippen LogP contribution in [0.4, 0.5) is 4.39 Å². The predicted molar refractivity (Wildman–Crippen MR) is 159 cm³/mol. The standard InChI is InChI=1S/C36H39FNO/c1-22-10-16-28-29-18-19-30(37)33(35(29)39-34(28)32(22)31-9-7-8-20-38(31)6)25-13-17-27(23(2)21-25)24-11-14-26(15-12-24)36(3,4)5/h7-10,13,16-21,24,26H,11-12,14-15H2,1-6H3/q+1.